The Labute approximate surface area is 127 Å². The van der Waals surface area contributed by atoms with Crippen LogP contribution in [0, 0.1) is 5.82 Å². The predicted molar refractivity (Wildman–Crippen MR) is 85.9 cm³/mol. The van der Waals surface area contributed by atoms with Gasteiger partial charge < -0.3 is 9.88 Å². The lowest BCUT2D eigenvalue weighted by atomic mass is 10.1. The molecule has 1 N–H and O–H groups in total. The van der Waals surface area contributed by atoms with Gasteiger partial charge in [-0.05, 0) is 48.7 Å². The van der Waals surface area contributed by atoms with Crippen LogP contribution >= 0.6 is 0 Å². The molecule has 1 aromatic carbocycles. The highest BCUT2D eigenvalue weighted by molar-refractivity contribution is 5.20. The molecular formula is C18H25FN2. The van der Waals surface area contributed by atoms with Crippen LogP contribution in [0.4, 0.5) is 4.39 Å². The quantitative estimate of drug-likeness (QED) is 0.756. The van der Waals surface area contributed by atoms with Crippen molar-refractivity contribution in [3.05, 3.63) is 59.7 Å². The monoisotopic (exact) mass is 288 g/mol. The number of hydrogen-bond donors (Lipinski definition) is 1. The van der Waals surface area contributed by atoms with Gasteiger partial charge in [-0.25, -0.2) is 4.39 Å². The molecule has 3 heteroatoms. The Morgan fingerprint density at radius 3 is 2.52 bits per heavy atom. The molecule has 21 heavy (non-hydrogen) atoms. The number of benzene rings is 1. The Morgan fingerprint density at radius 2 is 1.86 bits per heavy atom. The number of hydrogen-bond acceptors (Lipinski definition) is 1. The molecule has 2 aromatic rings. The average Bonchev–Trinajstić information content (AvgIpc) is 2.94. The Morgan fingerprint density at radius 1 is 1.10 bits per heavy atom. The summed E-state index contributed by atoms with van der Waals surface area (Å²) in [6, 6.07) is 9.34. The minimum atomic E-state index is -0.182. The number of rotatable bonds is 8. The maximum Gasteiger partial charge on any atom is 0.123 e. The minimum absolute atomic E-state index is 0.182. The van der Waals surface area contributed by atoms with E-state index in [2.05, 4.69) is 42.2 Å². The Balaban J connectivity index is 2.03. The van der Waals surface area contributed by atoms with Gasteiger partial charge in [-0.2, -0.15) is 0 Å². The van der Waals surface area contributed by atoms with Crippen LogP contribution < -0.4 is 5.32 Å². The van der Waals surface area contributed by atoms with E-state index < -0.39 is 0 Å². The van der Waals surface area contributed by atoms with Gasteiger partial charge >= 0.3 is 0 Å². The molecule has 0 bridgehead atoms. The first-order valence-electron chi connectivity index (χ1n) is 7.86. The molecule has 0 radical (unpaired) electrons. The first-order chi connectivity index (χ1) is 10.2. The van der Waals surface area contributed by atoms with Crippen molar-refractivity contribution in [2.75, 3.05) is 6.54 Å². The van der Waals surface area contributed by atoms with E-state index in [1.165, 1.54) is 24.1 Å². The number of aromatic nitrogens is 1. The van der Waals surface area contributed by atoms with Crippen molar-refractivity contribution >= 4 is 0 Å². The first-order valence-corrected chi connectivity index (χ1v) is 7.86. The van der Waals surface area contributed by atoms with Gasteiger partial charge in [0.15, 0.2) is 0 Å². The Bertz CT molecular complexity index is 530. The van der Waals surface area contributed by atoms with E-state index in [1.54, 1.807) is 0 Å². The van der Waals surface area contributed by atoms with E-state index >= 15 is 0 Å². The molecular weight excluding hydrogens is 263 g/mol. The van der Waals surface area contributed by atoms with Crippen LogP contribution in [0.2, 0.25) is 0 Å². The van der Waals surface area contributed by atoms with Gasteiger partial charge in [0.1, 0.15) is 5.82 Å². The molecule has 2 nitrogen and oxygen atoms in total. The van der Waals surface area contributed by atoms with Gasteiger partial charge in [-0.15, -0.1) is 0 Å². The first kappa shape index (κ1) is 15.8. The third-order valence-electron chi connectivity index (χ3n) is 3.67. The van der Waals surface area contributed by atoms with E-state index in [0.717, 1.165) is 31.5 Å². The molecule has 0 saturated heterocycles. The zero-order chi connectivity index (χ0) is 15.1. The van der Waals surface area contributed by atoms with Crippen molar-refractivity contribution in [2.24, 2.45) is 0 Å². The topological polar surface area (TPSA) is 17.0 Å². The van der Waals surface area contributed by atoms with Crippen molar-refractivity contribution in [1.29, 1.82) is 0 Å². The summed E-state index contributed by atoms with van der Waals surface area (Å²) in [6.07, 6.45) is 7.78. The van der Waals surface area contributed by atoms with Gasteiger partial charge in [0.2, 0.25) is 0 Å². The van der Waals surface area contributed by atoms with E-state index in [1.807, 2.05) is 12.1 Å². The van der Waals surface area contributed by atoms with Crippen LogP contribution in [0.25, 0.3) is 0 Å². The van der Waals surface area contributed by atoms with Gasteiger partial charge in [0, 0.05) is 25.0 Å². The fourth-order valence-corrected chi connectivity index (χ4v) is 2.56. The van der Waals surface area contributed by atoms with Gasteiger partial charge in [0.25, 0.3) is 0 Å². The molecule has 1 atom stereocenters. The molecule has 0 fully saturated rings. The molecule has 1 unspecified atom stereocenters. The van der Waals surface area contributed by atoms with Crippen molar-refractivity contribution in [2.45, 2.75) is 45.7 Å². The molecule has 1 heterocycles. The zero-order valence-corrected chi connectivity index (χ0v) is 13.0. The zero-order valence-electron chi connectivity index (χ0n) is 13.0. The van der Waals surface area contributed by atoms with Crippen molar-refractivity contribution < 1.29 is 4.39 Å². The molecule has 2 rings (SSSR count). The molecule has 0 spiro atoms. The van der Waals surface area contributed by atoms with Crippen molar-refractivity contribution in [1.82, 2.24) is 9.88 Å². The summed E-state index contributed by atoms with van der Waals surface area (Å²) >= 11 is 0. The molecule has 0 aliphatic carbocycles. The smallest absolute Gasteiger partial charge is 0.123 e. The van der Waals surface area contributed by atoms with Crippen molar-refractivity contribution in [3.63, 3.8) is 0 Å². The van der Waals surface area contributed by atoms with Gasteiger partial charge in [-0.3, -0.25) is 0 Å². The molecule has 0 saturated carbocycles. The van der Waals surface area contributed by atoms with E-state index in [9.17, 15) is 4.39 Å². The lowest BCUT2D eigenvalue weighted by Crippen LogP contribution is -2.21. The van der Waals surface area contributed by atoms with E-state index in [4.69, 9.17) is 0 Å². The van der Waals surface area contributed by atoms with E-state index in [0.29, 0.717) is 6.04 Å². The molecule has 114 valence electrons. The summed E-state index contributed by atoms with van der Waals surface area (Å²) in [5, 5.41) is 3.61. The highest BCUT2D eigenvalue weighted by Crippen LogP contribution is 2.19. The fraction of sp³-hybridized carbons (Fsp3) is 0.444. The Hall–Kier alpha value is -1.61. The third-order valence-corrected chi connectivity index (χ3v) is 3.67. The lowest BCUT2D eigenvalue weighted by Gasteiger charge is -2.16. The standard InChI is InChI=1S/C18H25FN2/c1-3-5-18(20-11-4-2)16-10-12-21(14-16)13-15-6-8-17(19)9-7-15/h6-10,12,14,18,20H,3-5,11,13H2,1-2H3. The Kier molecular flexibility index (Phi) is 6.00. The largest absolute Gasteiger partial charge is 0.350 e. The second-order valence-corrected chi connectivity index (χ2v) is 5.54. The summed E-state index contributed by atoms with van der Waals surface area (Å²) in [7, 11) is 0. The highest BCUT2D eigenvalue weighted by Gasteiger charge is 2.10. The van der Waals surface area contributed by atoms with Crippen LogP contribution in [-0.2, 0) is 6.54 Å². The lowest BCUT2D eigenvalue weighted by molar-refractivity contribution is 0.493. The highest BCUT2D eigenvalue weighted by atomic mass is 19.1. The summed E-state index contributed by atoms with van der Waals surface area (Å²) in [5.74, 6) is -0.182. The number of halogens is 1. The summed E-state index contributed by atoms with van der Waals surface area (Å²) in [5.41, 5.74) is 2.46. The summed E-state index contributed by atoms with van der Waals surface area (Å²) in [6.45, 7) is 6.24. The minimum Gasteiger partial charge on any atom is -0.350 e. The number of nitrogens with zero attached hydrogens (tertiary/aromatic N) is 1. The summed E-state index contributed by atoms with van der Waals surface area (Å²) < 4.78 is 15.1. The summed E-state index contributed by atoms with van der Waals surface area (Å²) in [4.78, 5) is 0. The van der Waals surface area contributed by atoms with E-state index in [-0.39, 0.29) is 5.82 Å². The van der Waals surface area contributed by atoms with Crippen LogP contribution in [0.5, 0.6) is 0 Å². The second kappa shape index (κ2) is 7.99. The molecule has 0 amide bonds. The van der Waals surface area contributed by atoms with Gasteiger partial charge in [0.05, 0.1) is 0 Å². The van der Waals surface area contributed by atoms with Crippen LogP contribution in [0.1, 0.15) is 50.3 Å². The molecule has 0 aliphatic heterocycles. The molecule has 0 aliphatic rings. The fourth-order valence-electron chi connectivity index (χ4n) is 2.56. The SMILES string of the molecule is CCCNC(CCC)c1ccn(Cc2ccc(F)cc2)c1. The van der Waals surface area contributed by atoms with Crippen LogP contribution in [-0.4, -0.2) is 11.1 Å². The van der Waals surface area contributed by atoms with Gasteiger partial charge in [-0.1, -0.05) is 32.4 Å². The molecule has 1 aromatic heterocycles. The average molecular weight is 288 g/mol. The normalized spacial score (nSPS) is 12.5. The van der Waals surface area contributed by atoms with Crippen LogP contribution in [0.3, 0.4) is 0 Å². The third kappa shape index (κ3) is 4.71. The second-order valence-electron chi connectivity index (χ2n) is 5.54. The maximum atomic E-state index is 12.9. The van der Waals surface area contributed by atoms with Crippen LogP contribution in [0.15, 0.2) is 42.7 Å². The number of nitrogens with one attached hydrogen (secondary N) is 1. The predicted octanol–water partition coefficient (Wildman–Crippen LogP) is 4.52. The van der Waals surface area contributed by atoms with Crippen molar-refractivity contribution in [3.8, 4) is 0 Å². The maximum absolute atomic E-state index is 12.9.